The van der Waals surface area contributed by atoms with Crippen LogP contribution < -0.4 is 5.32 Å². The number of carboxylic acids is 1. The zero-order valence-corrected chi connectivity index (χ0v) is 10.7. The Bertz CT molecular complexity index is 447. The summed E-state index contributed by atoms with van der Waals surface area (Å²) in [5.74, 6) is -1.52. The predicted octanol–water partition coefficient (Wildman–Crippen LogP) is 1.84. The van der Waals surface area contributed by atoms with Crippen LogP contribution in [-0.2, 0) is 4.79 Å². The number of carboxylic acid groups (broad SMARTS) is 1. The third-order valence-corrected chi connectivity index (χ3v) is 3.59. The summed E-state index contributed by atoms with van der Waals surface area (Å²) in [5, 5.41) is 12.1. The van der Waals surface area contributed by atoms with Crippen LogP contribution in [0.2, 0.25) is 0 Å². The van der Waals surface area contributed by atoms with Gasteiger partial charge >= 0.3 is 5.97 Å². The zero-order valence-electron chi connectivity index (χ0n) is 10.7. The molecule has 1 saturated carbocycles. The van der Waals surface area contributed by atoms with Gasteiger partial charge in [-0.1, -0.05) is 19.3 Å². The maximum atomic E-state index is 12.1. The minimum Gasteiger partial charge on any atom is -0.481 e. The molecule has 1 amide bonds. The third kappa shape index (κ3) is 3.53. The molecule has 0 spiro atoms. The summed E-state index contributed by atoms with van der Waals surface area (Å²) in [6.45, 7) is 0. The number of carbonyl (C=O) groups is 2. The van der Waals surface area contributed by atoms with Gasteiger partial charge in [0.1, 0.15) is 0 Å². The molecule has 2 atom stereocenters. The molecule has 1 heterocycles. The highest BCUT2D eigenvalue weighted by atomic mass is 16.4. The van der Waals surface area contributed by atoms with Gasteiger partial charge in [0, 0.05) is 24.0 Å². The summed E-state index contributed by atoms with van der Waals surface area (Å²) in [6, 6.07) is 2.98. The Balaban J connectivity index is 2.06. The molecule has 0 saturated heterocycles. The average Bonchev–Trinajstić information content (AvgIpc) is 2.65. The molecular formula is C14H18N2O3. The molecule has 0 bridgehead atoms. The van der Waals surface area contributed by atoms with Crippen LogP contribution in [0.15, 0.2) is 24.5 Å². The number of aromatic nitrogens is 1. The van der Waals surface area contributed by atoms with E-state index in [1.807, 2.05) is 0 Å². The molecule has 5 nitrogen and oxygen atoms in total. The summed E-state index contributed by atoms with van der Waals surface area (Å²) in [4.78, 5) is 27.2. The van der Waals surface area contributed by atoms with Crippen molar-refractivity contribution in [2.24, 2.45) is 5.92 Å². The quantitative estimate of drug-likeness (QED) is 0.815. The van der Waals surface area contributed by atoms with Crippen molar-refractivity contribution in [3.8, 4) is 0 Å². The maximum absolute atomic E-state index is 12.1. The first kappa shape index (κ1) is 13.5. The number of nitrogens with zero attached hydrogens (tertiary/aromatic N) is 1. The molecule has 1 aliphatic carbocycles. The largest absolute Gasteiger partial charge is 0.481 e. The van der Waals surface area contributed by atoms with Crippen molar-refractivity contribution in [2.75, 3.05) is 0 Å². The van der Waals surface area contributed by atoms with Gasteiger partial charge in [0.15, 0.2) is 0 Å². The normalized spacial score (nSPS) is 23.4. The van der Waals surface area contributed by atoms with E-state index in [2.05, 4.69) is 10.3 Å². The molecule has 19 heavy (non-hydrogen) atoms. The number of nitrogens with one attached hydrogen (secondary N) is 1. The lowest BCUT2D eigenvalue weighted by atomic mass is 9.94. The van der Waals surface area contributed by atoms with Gasteiger partial charge in [-0.3, -0.25) is 14.6 Å². The van der Waals surface area contributed by atoms with E-state index in [1.54, 1.807) is 24.5 Å². The Morgan fingerprint density at radius 1 is 1.16 bits per heavy atom. The molecule has 0 unspecified atom stereocenters. The highest BCUT2D eigenvalue weighted by Crippen LogP contribution is 2.24. The van der Waals surface area contributed by atoms with Gasteiger partial charge in [-0.05, 0) is 25.0 Å². The van der Waals surface area contributed by atoms with Crippen molar-refractivity contribution in [3.63, 3.8) is 0 Å². The number of pyridine rings is 1. The van der Waals surface area contributed by atoms with Crippen LogP contribution in [-0.4, -0.2) is 28.0 Å². The fourth-order valence-electron chi connectivity index (χ4n) is 2.53. The zero-order chi connectivity index (χ0) is 13.7. The van der Waals surface area contributed by atoms with E-state index in [0.717, 1.165) is 25.7 Å². The van der Waals surface area contributed by atoms with E-state index in [4.69, 9.17) is 0 Å². The molecule has 1 aromatic rings. The molecule has 2 N–H and O–H groups in total. The van der Waals surface area contributed by atoms with Crippen LogP contribution in [0.25, 0.3) is 0 Å². The van der Waals surface area contributed by atoms with Gasteiger partial charge in [-0.2, -0.15) is 0 Å². The van der Waals surface area contributed by atoms with Crippen molar-refractivity contribution in [1.82, 2.24) is 10.3 Å². The van der Waals surface area contributed by atoms with Gasteiger partial charge in [-0.15, -0.1) is 0 Å². The van der Waals surface area contributed by atoms with Crippen LogP contribution >= 0.6 is 0 Å². The lowest BCUT2D eigenvalue weighted by Gasteiger charge is -2.22. The first-order valence-corrected chi connectivity index (χ1v) is 6.62. The fraction of sp³-hybridized carbons (Fsp3) is 0.500. The molecule has 0 radical (unpaired) electrons. The average molecular weight is 262 g/mol. The molecule has 5 heteroatoms. The second-order valence-corrected chi connectivity index (χ2v) is 4.90. The number of hydrogen-bond donors (Lipinski definition) is 2. The highest BCUT2D eigenvalue weighted by Gasteiger charge is 2.30. The first-order chi connectivity index (χ1) is 9.18. The molecule has 0 aliphatic heterocycles. The van der Waals surface area contributed by atoms with E-state index < -0.39 is 11.9 Å². The summed E-state index contributed by atoms with van der Waals surface area (Å²) in [6.07, 6.45) is 7.38. The maximum Gasteiger partial charge on any atom is 0.308 e. The van der Waals surface area contributed by atoms with Crippen LogP contribution in [0, 0.1) is 5.92 Å². The molecule has 1 fully saturated rings. The van der Waals surface area contributed by atoms with Gasteiger partial charge in [-0.25, -0.2) is 0 Å². The summed E-state index contributed by atoms with van der Waals surface area (Å²) in [7, 11) is 0. The van der Waals surface area contributed by atoms with E-state index >= 15 is 0 Å². The number of rotatable bonds is 3. The van der Waals surface area contributed by atoms with Crippen LogP contribution in [0.1, 0.15) is 42.5 Å². The smallest absolute Gasteiger partial charge is 0.308 e. The minimum absolute atomic E-state index is 0.222. The number of hydrogen-bond acceptors (Lipinski definition) is 3. The molecule has 1 aromatic heterocycles. The standard InChI is InChI=1S/C14H18N2O3/c17-13(10-6-8-15-9-7-10)16-12-5-3-1-2-4-11(12)14(18)19/h6-9,11-12H,1-5H2,(H,16,17)(H,18,19)/t11-,12+/m1/s1. The Morgan fingerprint density at radius 2 is 1.84 bits per heavy atom. The van der Waals surface area contributed by atoms with Gasteiger partial charge < -0.3 is 10.4 Å². The lowest BCUT2D eigenvalue weighted by molar-refractivity contribution is -0.142. The number of aliphatic carboxylic acids is 1. The Morgan fingerprint density at radius 3 is 2.53 bits per heavy atom. The van der Waals surface area contributed by atoms with Crippen LogP contribution in [0.4, 0.5) is 0 Å². The van der Waals surface area contributed by atoms with Crippen molar-refractivity contribution in [2.45, 2.75) is 38.1 Å². The van der Waals surface area contributed by atoms with Gasteiger partial charge in [0.2, 0.25) is 0 Å². The monoisotopic (exact) mass is 262 g/mol. The lowest BCUT2D eigenvalue weighted by Crippen LogP contribution is -2.42. The third-order valence-electron chi connectivity index (χ3n) is 3.59. The Labute approximate surface area is 112 Å². The van der Waals surface area contributed by atoms with Crippen LogP contribution in [0.5, 0.6) is 0 Å². The van der Waals surface area contributed by atoms with Gasteiger partial charge in [0.05, 0.1) is 5.92 Å². The van der Waals surface area contributed by atoms with E-state index in [1.165, 1.54) is 0 Å². The van der Waals surface area contributed by atoms with E-state index in [0.29, 0.717) is 12.0 Å². The second-order valence-electron chi connectivity index (χ2n) is 4.90. The summed E-state index contributed by atoms with van der Waals surface area (Å²) < 4.78 is 0. The Kier molecular flexibility index (Phi) is 4.49. The molecule has 0 aromatic carbocycles. The van der Waals surface area contributed by atoms with Crippen molar-refractivity contribution in [1.29, 1.82) is 0 Å². The number of amides is 1. The fourth-order valence-corrected chi connectivity index (χ4v) is 2.53. The SMILES string of the molecule is O=C(N[C@H]1CCCCC[C@H]1C(=O)O)c1ccncc1. The Hall–Kier alpha value is -1.91. The molecule has 102 valence electrons. The predicted molar refractivity (Wildman–Crippen MR) is 69.7 cm³/mol. The second kappa shape index (κ2) is 6.31. The van der Waals surface area contributed by atoms with Crippen LogP contribution in [0.3, 0.4) is 0 Å². The number of carbonyl (C=O) groups excluding carboxylic acids is 1. The summed E-state index contributed by atoms with van der Waals surface area (Å²) in [5.41, 5.74) is 0.517. The first-order valence-electron chi connectivity index (χ1n) is 6.62. The highest BCUT2D eigenvalue weighted by molar-refractivity contribution is 5.94. The van der Waals surface area contributed by atoms with E-state index in [-0.39, 0.29) is 11.9 Å². The summed E-state index contributed by atoms with van der Waals surface area (Å²) >= 11 is 0. The molecular weight excluding hydrogens is 244 g/mol. The minimum atomic E-state index is -0.818. The topological polar surface area (TPSA) is 79.3 Å². The molecule has 1 aliphatic rings. The molecule has 2 rings (SSSR count). The van der Waals surface area contributed by atoms with Crippen molar-refractivity contribution >= 4 is 11.9 Å². The van der Waals surface area contributed by atoms with Crippen molar-refractivity contribution < 1.29 is 14.7 Å². The van der Waals surface area contributed by atoms with E-state index in [9.17, 15) is 14.7 Å². The van der Waals surface area contributed by atoms with Gasteiger partial charge in [0.25, 0.3) is 5.91 Å². The van der Waals surface area contributed by atoms with Crippen molar-refractivity contribution in [3.05, 3.63) is 30.1 Å².